The quantitative estimate of drug-likeness (QED) is 0.818. The Balaban J connectivity index is 2.00. The summed E-state index contributed by atoms with van der Waals surface area (Å²) >= 11 is 3.40. The second-order valence-electron chi connectivity index (χ2n) is 5.94. The molecule has 1 aliphatic carbocycles. The summed E-state index contributed by atoms with van der Waals surface area (Å²) in [5.41, 5.74) is 1.57. The minimum Gasteiger partial charge on any atom is -0.451 e. The van der Waals surface area contributed by atoms with Crippen LogP contribution in [0.25, 0.3) is 0 Å². The highest BCUT2D eigenvalue weighted by molar-refractivity contribution is 9.10. The van der Waals surface area contributed by atoms with Gasteiger partial charge < -0.3 is 9.84 Å². The molecule has 112 valence electrons. The molecule has 1 aromatic rings. The second-order valence-corrected chi connectivity index (χ2v) is 6.85. The summed E-state index contributed by atoms with van der Waals surface area (Å²) in [6, 6.07) is 7.57. The third-order valence-electron chi connectivity index (χ3n) is 4.61. The predicted octanol–water partition coefficient (Wildman–Crippen LogP) is 4.06. The van der Waals surface area contributed by atoms with Crippen molar-refractivity contribution in [2.24, 2.45) is 0 Å². The zero-order valence-corrected chi connectivity index (χ0v) is 13.6. The largest absolute Gasteiger partial charge is 0.451 e. The molecule has 4 heteroatoms. The highest BCUT2D eigenvalue weighted by Gasteiger charge is 2.49. The van der Waals surface area contributed by atoms with Crippen LogP contribution in [0, 0.1) is 0 Å². The maximum Gasteiger partial charge on any atom is 0.334 e. The number of rotatable bonds is 2. The van der Waals surface area contributed by atoms with E-state index in [-0.39, 0.29) is 5.97 Å². The predicted molar refractivity (Wildman–Crippen MR) is 83.7 cm³/mol. The first-order chi connectivity index (χ1) is 10.0. The number of ether oxygens (including phenoxy) is 1. The lowest BCUT2D eigenvalue weighted by Gasteiger charge is -2.36. The van der Waals surface area contributed by atoms with Gasteiger partial charge in [0.25, 0.3) is 0 Å². The number of aliphatic hydroxyl groups excluding tert-OH is 1. The summed E-state index contributed by atoms with van der Waals surface area (Å²) in [6.45, 7) is 1.77. The molecule has 2 aliphatic rings. The lowest BCUT2D eigenvalue weighted by molar-refractivity contribution is -0.149. The molecule has 1 atom stereocenters. The number of carbonyl (C=O) groups excluding carboxylic acids is 1. The third kappa shape index (κ3) is 2.55. The van der Waals surface area contributed by atoms with Gasteiger partial charge >= 0.3 is 5.97 Å². The molecular formula is C17H19BrO3. The van der Waals surface area contributed by atoms with Crippen LogP contribution in [0.3, 0.4) is 0 Å². The lowest BCUT2D eigenvalue weighted by atomic mass is 9.75. The van der Waals surface area contributed by atoms with Crippen molar-refractivity contribution in [3.05, 3.63) is 45.4 Å². The smallest absolute Gasteiger partial charge is 0.334 e. The number of aliphatic hydroxyl groups is 1. The SMILES string of the molecule is CC1=C(C(O)c2ccc(Br)cc2)C2(CCCCC2)OC1=O. The fraction of sp³-hybridized carbons (Fsp3) is 0.471. The molecule has 0 amide bonds. The summed E-state index contributed by atoms with van der Waals surface area (Å²) in [6.07, 6.45) is 4.11. The number of benzene rings is 1. The summed E-state index contributed by atoms with van der Waals surface area (Å²) in [4.78, 5) is 12.0. The highest BCUT2D eigenvalue weighted by Crippen LogP contribution is 2.48. The Morgan fingerprint density at radius 2 is 1.81 bits per heavy atom. The normalized spacial score (nSPS) is 22.5. The molecule has 1 fully saturated rings. The zero-order chi connectivity index (χ0) is 15.0. The summed E-state index contributed by atoms with van der Waals surface area (Å²) in [5.74, 6) is -0.275. The van der Waals surface area contributed by atoms with Crippen molar-refractivity contribution in [2.75, 3.05) is 0 Å². The van der Waals surface area contributed by atoms with E-state index in [4.69, 9.17) is 4.74 Å². The average Bonchev–Trinajstić information content (AvgIpc) is 2.71. The Hall–Kier alpha value is -1.13. The van der Waals surface area contributed by atoms with Gasteiger partial charge in [-0.1, -0.05) is 34.5 Å². The molecule has 3 rings (SSSR count). The van der Waals surface area contributed by atoms with Gasteiger partial charge in [0.2, 0.25) is 0 Å². The average molecular weight is 351 g/mol. The van der Waals surface area contributed by atoms with Crippen molar-refractivity contribution in [1.29, 1.82) is 0 Å². The molecule has 3 nitrogen and oxygen atoms in total. The van der Waals surface area contributed by atoms with E-state index in [2.05, 4.69) is 15.9 Å². The van der Waals surface area contributed by atoms with E-state index in [1.165, 1.54) is 6.42 Å². The molecule has 0 radical (unpaired) electrons. The van der Waals surface area contributed by atoms with Gasteiger partial charge in [-0.2, -0.15) is 0 Å². The minimum absolute atomic E-state index is 0.275. The molecule has 0 bridgehead atoms. The number of hydrogen-bond acceptors (Lipinski definition) is 3. The fourth-order valence-electron chi connectivity index (χ4n) is 3.52. The monoisotopic (exact) mass is 350 g/mol. The van der Waals surface area contributed by atoms with E-state index in [0.29, 0.717) is 5.57 Å². The molecule has 1 unspecified atom stereocenters. The number of esters is 1. The number of hydrogen-bond donors (Lipinski definition) is 1. The van der Waals surface area contributed by atoms with Crippen LogP contribution in [0.15, 0.2) is 39.9 Å². The van der Waals surface area contributed by atoms with Gasteiger partial charge in [-0.25, -0.2) is 4.79 Å². The van der Waals surface area contributed by atoms with Gasteiger partial charge in [0.05, 0.1) is 0 Å². The van der Waals surface area contributed by atoms with Crippen molar-refractivity contribution in [1.82, 2.24) is 0 Å². The topological polar surface area (TPSA) is 46.5 Å². The Kier molecular flexibility index (Phi) is 3.93. The van der Waals surface area contributed by atoms with E-state index in [0.717, 1.165) is 41.3 Å². The molecule has 1 heterocycles. The summed E-state index contributed by atoms with van der Waals surface area (Å²) in [7, 11) is 0. The number of halogens is 1. The van der Waals surface area contributed by atoms with Crippen molar-refractivity contribution in [3.63, 3.8) is 0 Å². The number of carbonyl (C=O) groups is 1. The highest BCUT2D eigenvalue weighted by atomic mass is 79.9. The molecule has 0 aromatic heterocycles. The van der Waals surface area contributed by atoms with Crippen LogP contribution in [-0.2, 0) is 9.53 Å². The van der Waals surface area contributed by atoms with Crippen LogP contribution in [0.2, 0.25) is 0 Å². The Morgan fingerprint density at radius 1 is 1.19 bits per heavy atom. The Morgan fingerprint density at radius 3 is 2.43 bits per heavy atom. The van der Waals surface area contributed by atoms with Gasteiger partial charge in [0.15, 0.2) is 0 Å². The molecule has 1 aromatic carbocycles. The first-order valence-corrected chi connectivity index (χ1v) is 8.21. The first kappa shape index (κ1) is 14.8. The maximum atomic E-state index is 12.0. The van der Waals surface area contributed by atoms with E-state index in [9.17, 15) is 9.90 Å². The van der Waals surface area contributed by atoms with Gasteiger partial charge in [-0.15, -0.1) is 0 Å². The van der Waals surface area contributed by atoms with Crippen LogP contribution in [0.5, 0.6) is 0 Å². The Labute approximate surface area is 133 Å². The van der Waals surface area contributed by atoms with E-state index in [1.807, 2.05) is 24.3 Å². The molecule has 1 spiro atoms. The maximum absolute atomic E-state index is 12.0. The molecule has 21 heavy (non-hydrogen) atoms. The van der Waals surface area contributed by atoms with Gasteiger partial charge in [-0.05, 0) is 50.3 Å². The molecule has 1 aliphatic heterocycles. The fourth-order valence-corrected chi connectivity index (χ4v) is 3.79. The third-order valence-corrected chi connectivity index (χ3v) is 5.14. The Bertz CT molecular complexity index is 583. The zero-order valence-electron chi connectivity index (χ0n) is 12.1. The van der Waals surface area contributed by atoms with E-state index >= 15 is 0 Å². The van der Waals surface area contributed by atoms with Gasteiger partial charge in [0, 0.05) is 15.6 Å². The summed E-state index contributed by atoms with van der Waals surface area (Å²) in [5, 5.41) is 10.8. The van der Waals surface area contributed by atoms with Crippen LogP contribution >= 0.6 is 15.9 Å². The van der Waals surface area contributed by atoms with E-state index < -0.39 is 11.7 Å². The van der Waals surface area contributed by atoms with Crippen molar-refractivity contribution < 1.29 is 14.6 Å². The van der Waals surface area contributed by atoms with Crippen LogP contribution < -0.4 is 0 Å². The lowest BCUT2D eigenvalue weighted by Crippen LogP contribution is -2.36. The molecule has 1 saturated carbocycles. The van der Waals surface area contributed by atoms with Crippen LogP contribution in [-0.4, -0.2) is 16.7 Å². The second kappa shape index (κ2) is 5.58. The molecule has 0 saturated heterocycles. The van der Waals surface area contributed by atoms with Gasteiger partial charge in [0.1, 0.15) is 11.7 Å². The minimum atomic E-state index is -0.775. The van der Waals surface area contributed by atoms with Crippen molar-refractivity contribution in [2.45, 2.75) is 50.7 Å². The molecular weight excluding hydrogens is 332 g/mol. The standard InChI is InChI=1S/C17H19BrO3/c1-11-14(15(19)12-5-7-13(18)8-6-12)17(21-16(11)20)9-3-2-4-10-17/h5-8,15,19H,2-4,9-10H2,1H3. The molecule has 1 N–H and O–H groups in total. The van der Waals surface area contributed by atoms with Crippen LogP contribution in [0.1, 0.15) is 50.7 Å². The van der Waals surface area contributed by atoms with Crippen molar-refractivity contribution in [3.8, 4) is 0 Å². The van der Waals surface area contributed by atoms with Crippen LogP contribution in [0.4, 0.5) is 0 Å². The van der Waals surface area contributed by atoms with E-state index in [1.54, 1.807) is 6.92 Å². The van der Waals surface area contributed by atoms with Gasteiger partial charge in [-0.3, -0.25) is 0 Å². The van der Waals surface area contributed by atoms with Crippen molar-refractivity contribution >= 4 is 21.9 Å². The first-order valence-electron chi connectivity index (χ1n) is 7.42. The summed E-state index contributed by atoms with van der Waals surface area (Å²) < 4.78 is 6.67.